The van der Waals surface area contributed by atoms with Crippen molar-refractivity contribution >= 4 is 0 Å². The van der Waals surface area contributed by atoms with Crippen molar-refractivity contribution in [2.75, 3.05) is 0 Å². The van der Waals surface area contributed by atoms with Crippen LogP contribution in [-0.2, 0) is 9.47 Å². The van der Waals surface area contributed by atoms with Gasteiger partial charge in [-0.3, -0.25) is 0 Å². The van der Waals surface area contributed by atoms with Crippen molar-refractivity contribution in [3.63, 3.8) is 0 Å². The first kappa shape index (κ1) is 19.0. The highest BCUT2D eigenvalue weighted by Crippen LogP contribution is 2.38. The fraction of sp³-hybridized carbons (Fsp3) is 0.905. The van der Waals surface area contributed by atoms with Crippen LogP contribution in [0.3, 0.4) is 0 Å². The van der Waals surface area contributed by atoms with Crippen molar-refractivity contribution in [1.29, 1.82) is 0 Å². The number of ether oxygens (including phenoxy) is 2. The number of hydrogen-bond donors (Lipinski definition) is 0. The van der Waals surface area contributed by atoms with Crippen LogP contribution in [0.4, 0.5) is 0 Å². The standard InChI is InChI=1S/C21H38O2/c1-3-5-7-8-9-10-11-12-14-16-19-21(23-19)17-20-18(22-20)15-13-6-4-2/h6,13,18-21H,3-5,7-12,14-17H2,1-2H3/b13-6-/t18-,19+,20+,21-/m0/s1. The lowest BCUT2D eigenvalue weighted by Crippen LogP contribution is -2.01. The van der Waals surface area contributed by atoms with E-state index in [9.17, 15) is 0 Å². The summed E-state index contributed by atoms with van der Waals surface area (Å²) in [7, 11) is 0. The van der Waals surface area contributed by atoms with E-state index in [0.29, 0.717) is 24.4 Å². The maximum Gasteiger partial charge on any atom is 0.0877 e. The lowest BCUT2D eigenvalue weighted by atomic mass is 10.0. The molecule has 0 unspecified atom stereocenters. The molecule has 0 N–H and O–H groups in total. The molecule has 2 fully saturated rings. The molecule has 0 aromatic carbocycles. The third kappa shape index (κ3) is 8.35. The number of epoxide rings is 2. The van der Waals surface area contributed by atoms with E-state index in [-0.39, 0.29) is 0 Å². The van der Waals surface area contributed by atoms with Gasteiger partial charge in [-0.05, 0) is 19.3 Å². The summed E-state index contributed by atoms with van der Waals surface area (Å²) in [5.74, 6) is 0. The molecule has 0 aromatic rings. The average Bonchev–Trinajstić information content (AvgIpc) is 3.46. The predicted molar refractivity (Wildman–Crippen MR) is 97.8 cm³/mol. The third-order valence-electron chi connectivity index (χ3n) is 5.20. The van der Waals surface area contributed by atoms with Crippen LogP contribution in [0.1, 0.15) is 97.3 Å². The monoisotopic (exact) mass is 322 g/mol. The van der Waals surface area contributed by atoms with Crippen LogP contribution < -0.4 is 0 Å². The van der Waals surface area contributed by atoms with Gasteiger partial charge >= 0.3 is 0 Å². The first-order chi connectivity index (χ1) is 11.3. The van der Waals surface area contributed by atoms with Crippen molar-refractivity contribution < 1.29 is 9.47 Å². The summed E-state index contributed by atoms with van der Waals surface area (Å²) in [6.07, 6.45) is 23.8. The molecule has 23 heavy (non-hydrogen) atoms. The Morgan fingerprint density at radius 1 is 0.652 bits per heavy atom. The zero-order valence-corrected chi connectivity index (χ0v) is 15.5. The second kappa shape index (κ2) is 11.3. The second-order valence-electron chi connectivity index (χ2n) is 7.39. The molecule has 2 rings (SSSR count). The first-order valence-corrected chi connectivity index (χ1v) is 10.3. The molecular formula is C21H38O2. The average molecular weight is 323 g/mol. The molecule has 134 valence electrons. The van der Waals surface area contributed by atoms with E-state index in [1.807, 2.05) is 0 Å². The molecule has 0 radical (unpaired) electrons. The molecule has 0 bridgehead atoms. The van der Waals surface area contributed by atoms with Crippen molar-refractivity contribution in [3.8, 4) is 0 Å². The summed E-state index contributed by atoms with van der Waals surface area (Å²) in [5, 5.41) is 0. The predicted octanol–water partition coefficient (Wildman–Crippen LogP) is 6.19. The number of unbranched alkanes of at least 4 members (excludes halogenated alkanes) is 8. The van der Waals surface area contributed by atoms with Gasteiger partial charge in [-0.2, -0.15) is 0 Å². The van der Waals surface area contributed by atoms with Crippen molar-refractivity contribution in [1.82, 2.24) is 0 Å². The molecule has 0 saturated carbocycles. The molecule has 2 heteroatoms. The van der Waals surface area contributed by atoms with E-state index < -0.39 is 0 Å². The molecular weight excluding hydrogens is 284 g/mol. The smallest absolute Gasteiger partial charge is 0.0877 e. The summed E-state index contributed by atoms with van der Waals surface area (Å²) in [6, 6.07) is 0. The van der Waals surface area contributed by atoms with E-state index in [2.05, 4.69) is 26.0 Å². The maximum atomic E-state index is 5.82. The van der Waals surface area contributed by atoms with Gasteiger partial charge in [0.15, 0.2) is 0 Å². The Bertz CT molecular complexity index is 326. The Morgan fingerprint density at radius 3 is 1.96 bits per heavy atom. The van der Waals surface area contributed by atoms with Gasteiger partial charge in [-0.1, -0.05) is 83.8 Å². The fourth-order valence-corrected chi connectivity index (χ4v) is 3.52. The van der Waals surface area contributed by atoms with Crippen molar-refractivity contribution in [2.24, 2.45) is 0 Å². The van der Waals surface area contributed by atoms with Crippen LogP contribution >= 0.6 is 0 Å². The molecule has 0 spiro atoms. The van der Waals surface area contributed by atoms with Gasteiger partial charge in [0.05, 0.1) is 24.4 Å². The van der Waals surface area contributed by atoms with E-state index in [0.717, 1.165) is 19.3 Å². The lowest BCUT2D eigenvalue weighted by molar-refractivity contribution is 0.320. The minimum atomic E-state index is 0.481. The highest BCUT2D eigenvalue weighted by Gasteiger charge is 2.47. The highest BCUT2D eigenvalue weighted by molar-refractivity contribution is 4.98. The Kier molecular flexibility index (Phi) is 9.29. The summed E-state index contributed by atoms with van der Waals surface area (Å²) < 4.78 is 11.5. The minimum absolute atomic E-state index is 0.481. The SMILES string of the molecule is CC/C=C\C[C@@H]1O[C@@H]1C[C@@H]1O[C@@H]1CCCCCCCCCCC. The van der Waals surface area contributed by atoms with Crippen LogP contribution in [0.2, 0.25) is 0 Å². The van der Waals surface area contributed by atoms with Gasteiger partial charge in [0.2, 0.25) is 0 Å². The summed E-state index contributed by atoms with van der Waals surface area (Å²) in [5.41, 5.74) is 0. The van der Waals surface area contributed by atoms with Crippen LogP contribution in [0.15, 0.2) is 12.2 Å². The molecule has 2 heterocycles. The largest absolute Gasteiger partial charge is 0.369 e. The third-order valence-corrected chi connectivity index (χ3v) is 5.20. The van der Waals surface area contributed by atoms with Gasteiger partial charge in [0.1, 0.15) is 0 Å². The van der Waals surface area contributed by atoms with Gasteiger partial charge in [0.25, 0.3) is 0 Å². The Hall–Kier alpha value is -0.340. The van der Waals surface area contributed by atoms with Gasteiger partial charge < -0.3 is 9.47 Å². The molecule has 2 saturated heterocycles. The highest BCUT2D eigenvalue weighted by atomic mass is 16.6. The van der Waals surface area contributed by atoms with E-state index >= 15 is 0 Å². The topological polar surface area (TPSA) is 25.1 Å². The van der Waals surface area contributed by atoms with Crippen LogP contribution in [-0.4, -0.2) is 24.4 Å². The Balaban J connectivity index is 1.34. The molecule has 2 aliphatic rings. The van der Waals surface area contributed by atoms with Crippen molar-refractivity contribution in [2.45, 2.75) is 122 Å². The Morgan fingerprint density at radius 2 is 1.26 bits per heavy atom. The zero-order valence-electron chi connectivity index (χ0n) is 15.5. The normalized spacial score (nSPS) is 29.3. The number of rotatable bonds is 15. The molecule has 2 aliphatic heterocycles. The maximum absolute atomic E-state index is 5.82. The quantitative estimate of drug-likeness (QED) is 0.204. The molecule has 4 atom stereocenters. The molecule has 0 amide bonds. The number of hydrogen-bond acceptors (Lipinski definition) is 2. The summed E-state index contributed by atoms with van der Waals surface area (Å²) in [6.45, 7) is 4.46. The lowest BCUT2D eigenvalue weighted by Gasteiger charge is -2.01. The Labute approximate surface area is 144 Å². The first-order valence-electron chi connectivity index (χ1n) is 10.3. The molecule has 0 aromatic heterocycles. The summed E-state index contributed by atoms with van der Waals surface area (Å²) >= 11 is 0. The molecule has 2 nitrogen and oxygen atoms in total. The fourth-order valence-electron chi connectivity index (χ4n) is 3.52. The van der Waals surface area contributed by atoms with Crippen LogP contribution in [0.25, 0.3) is 0 Å². The summed E-state index contributed by atoms with van der Waals surface area (Å²) in [4.78, 5) is 0. The zero-order chi connectivity index (χ0) is 16.3. The minimum Gasteiger partial charge on any atom is -0.369 e. The number of allylic oxidation sites excluding steroid dienone is 1. The van der Waals surface area contributed by atoms with Gasteiger partial charge in [-0.25, -0.2) is 0 Å². The van der Waals surface area contributed by atoms with Gasteiger partial charge in [-0.15, -0.1) is 0 Å². The molecule has 0 aliphatic carbocycles. The van der Waals surface area contributed by atoms with Crippen LogP contribution in [0.5, 0.6) is 0 Å². The van der Waals surface area contributed by atoms with E-state index in [1.54, 1.807) is 0 Å². The second-order valence-corrected chi connectivity index (χ2v) is 7.39. The van der Waals surface area contributed by atoms with Gasteiger partial charge in [0, 0.05) is 6.42 Å². The van der Waals surface area contributed by atoms with E-state index in [1.165, 1.54) is 64.2 Å². The van der Waals surface area contributed by atoms with Crippen LogP contribution in [0, 0.1) is 0 Å². The van der Waals surface area contributed by atoms with E-state index in [4.69, 9.17) is 9.47 Å². The van der Waals surface area contributed by atoms with Crippen molar-refractivity contribution in [3.05, 3.63) is 12.2 Å².